The fourth-order valence-corrected chi connectivity index (χ4v) is 1.95. The van der Waals surface area contributed by atoms with Crippen LogP contribution in [0.5, 0.6) is 0 Å². The van der Waals surface area contributed by atoms with Gasteiger partial charge in [-0.05, 0) is 45.2 Å². The van der Waals surface area contributed by atoms with E-state index < -0.39 is 0 Å². The standard InChI is InChI=1S/C12H22N2/c1-3-9-14(10-4-1)11-5-2-8-13-12-6-7-12/h1,3,12-13H,2,4-11H2. The highest BCUT2D eigenvalue weighted by molar-refractivity contribution is 4.90. The first-order chi connectivity index (χ1) is 6.95. The molecule has 0 saturated heterocycles. The Morgan fingerprint density at radius 2 is 2.14 bits per heavy atom. The molecule has 1 fully saturated rings. The normalized spacial score (nSPS) is 22.9. The van der Waals surface area contributed by atoms with E-state index in [1.807, 2.05) is 0 Å². The minimum atomic E-state index is 0.882. The Morgan fingerprint density at radius 1 is 1.21 bits per heavy atom. The van der Waals surface area contributed by atoms with Crippen LogP contribution >= 0.6 is 0 Å². The number of hydrogen-bond donors (Lipinski definition) is 1. The lowest BCUT2D eigenvalue weighted by atomic mass is 10.2. The van der Waals surface area contributed by atoms with Gasteiger partial charge in [0.05, 0.1) is 0 Å². The van der Waals surface area contributed by atoms with Crippen molar-refractivity contribution < 1.29 is 0 Å². The van der Waals surface area contributed by atoms with Gasteiger partial charge in [0.15, 0.2) is 0 Å². The van der Waals surface area contributed by atoms with E-state index in [4.69, 9.17) is 0 Å². The van der Waals surface area contributed by atoms with Crippen molar-refractivity contribution in [1.82, 2.24) is 10.2 Å². The minimum Gasteiger partial charge on any atom is -0.314 e. The number of unbranched alkanes of at least 4 members (excludes halogenated alkanes) is 1. The van der Waals surface area contributed by atoms with Gasteiger partial charge in [0.25, 0.3) is 0 Å². The summed E-state index contributed by atoms with van der Waals surface area (Å²) in [7, 11) is 0. The molecule has 1 aliphatic carbocycles. The van der Waals surface area contributed by atoms with Crippen LogP contribution in [0.1, 0.15) is 32.1 Å². The molecule has 0 aromatic rings. The van der Waals surface area contributed by atoms with Crippen molar-refractivity contribution >= 4 is 0 Å². The predicted molar refractivity (Wildman–Crippen MR) is 60.5 cm³/mol. The van der Waals surface area contributed by atoms with E-state index in [0.29, 0.717) is 0 Å². The van der Waals surface area contributed by atoms with Crippen molar-refractivity contribution in [2.24, 2.45) is 0 Å². The quantitative estimate of drug-likeness (QED) is 0.512. The lowest BCUT2D eigenvalue weighted by molar-refractivity contribution is 0.291. The molecule has 1 aliphatic heterocycles. The lowest BCUT2D eigenvalue weighted by Crippen LogP contribution is -2.28. The average Bonchev–Trinajstić information content (AvgIpc) is 3.03. The van der Waals surface area contributed by atoms with Crippen LogP contribution in [0.15, 0.2) is 12.2 Å². The molecule has 14 heavy (non-hydrogen) atoms. The van der Waals surface area contributed by atoms with E-state index in [9.17, 15) is 0 Å². The molecule has 0 unspecified atom stereocenters. The van der Waals surface area contributed by atoms with Crippen molar-refractivity contribution in [1.29, 1.82) is 0 Å². The second-order valence-corrected chi connectivity index (χ2v) is 4.50. The van der Waals surface area contributed by atoms with E-state index in [1.54, 1.807) is 0 Å². The Hall–Kier alpha value is -0.340. The van der Waals surface area contributed by atoms with Gasteiger partial charge < -0.3 is 5.32 Å². The van der Waals surface area contributed by atoms with Gasteiger partial charge in [0, 0.05) is 19.1 Å². The highest BCUT2D eigenvalue weighted by Gasteiger charge is 2.19. The number of hydrogen-bond acceptors (Lipinski definition) is 2. The highest BCUT2D eigenvalue weighted by atomic mass is 15.1. The average molecular weight is 194 g/mol. The molecular weight excluding hydrogens is 172 g/mol. The summed E-state index contributed by atoms with van der Waals surface area (Å²) >= 11 is 0. The maximum absolute atomic E-state index is 3.56. The van der Waals surface area contributed by atoms with Crippen LogP contribution in [0.3, 0.4) is 0 Å². The van der Waals surface area contributed by atoms with Gasteiger partial charge in [-0.15, -0.1) is 0 Å². The predicted octanol–water partition coefficient (Wildman–Crippen LogP) is 1.78. The summed E-state index contributed by atoms with van der Waals surface area (Å²) < 4.78 is 0. The maximum Gasteiger partial charge on any atom is 0.0163 e. The SMILES string of the molecule is C1=CCN(CCCCNC2CC2)CC1. The Balaban J connectivity index is 1.43. The largest absolute Gasteiger partial charge is 0.314 e. The van der Waals surface area contributed by atoms with Crippen molar-refractivity contribution in [2.45, 2.75) is 38.1 Å². The zero-order valence-corrected chi connectivity index (χ0v) is 9.04. The Bertz CT molecular complexity index is 185. The van der Waals surface area contributed by atoms with Crippen LogP contribution in [0.2, 0.25) is 0 Å². The Labute approximate surface area is 87.4 Å². The third-order valence-electron chi connectivity index (χ3n) is 3.05. The molecular formula is C12H22N2. The Kier molecular flexibility index (Phi) is 4.02. The molecule has 0 radical (unpaired) electrons. The van der Waals surface area contributed by atoms with Crippen LogP contribution in [-0.4, -0.2) is 37.1 Å². The van der Waals surface area contributed by atoms with E-state index in [2.05, 4.69) is 22.4 Å². The summed E-state index contributed by atoms with van der Waals surface area (Å²) in [5.41, 5.74) is 0. The van der Waals surface area contributed by atoms with Crippen molar-refractivity contribution in [3.05, 3.63) is 12.2 Å². The topological polar surface area (TPSA) is 15.3 Å². The van der Waals surface area contributed by atoms with Gasteiger partial charge in [-0.3, -0.25) is 4.90 Å². The van der Waals surface area contributed by atoms with Gasteiger partial charge in [0.1, 0.15) is 0 Å². The number of nitrogens with zero attached hydrogens (tertiary/aromatic N) is 1. The third-order valence-corrected chi connectivity index (χ3v) is 3.05. The molecule has 1 heterocycles. The van der Waals surface area contributed by atoms with Gasteiger partial charge in [0.2, 0.25) is 0 Å². The van der Waals surface area contributed by atoms with Crippen LogP contribution in [0.4, 0.5) is 0 Å². The third kappa shape index (κ3) is 3.81. The minimum absolute atomic E-state index is 0.882. The lowest BCUT2D eigenvalue weighted by Gasteiger charge is -2.22. The summed E-state index contributed by atoms with van der Waals surface area (Å²) in [6.45, 7) is 4.97. The zero-order chi connectivity index (χ0) is 9.64. The van der Waals surface area contributed by atoms with Crippen LogP contribution in [0, 0.1) is 0 Å². The molecule has 0 aromatic carbocycles. The summed E-state index contributed by atoms with van der Waals surface area (Å²) in [5.74, 6) is 0. The van der Waals surface area contributed by atoms with E-state index in [0.717, 1.165) is 6.04 Å². The molecule has 1 saturated carbocycles. The Morgan fingerprint density at radius 3 is 2.86 bits per heavy atom. The summed E-state index contributed by atoms with van der Waals surface area (Å²) in [5, 5.41) is 3.56. The van der Waals surface area contributed by atoms with Crippen LogP contribution in [0.25, 0.3) is 0 Å². The smallest absolute Gasteiger partial charge is 0.0163 e. The van der Waals surface area contributed by atoms with Crippen molar-refractivity contribution in [3.8, 4) is 0 Å². The molecule has 1 N–H and O–H groups in total. The first-order valence-electron chi connectivity index (χ1n) is 6.06. The van der Waals surface area contributed by atoms with E-state index in [1.165, 1.54) is 58.3 Å². The van der Waals surface area contributed by atoms with Crippen LogP contribution < -0.4 is 5.32 Å². The highest BCUT2D eigenvalue weighted by Crippen LogP contribution is 2.18. The molecule has 2 aliphatic rings. The van der Waals surface area contributed by atoms with E-state index >= 15 is 0 Å². The molecule has 0 bridgehead atoms. The maximum atomic E-state index is 3.56. The van der Waals surface area contributed by atoms with Gasteiger partial charge in [-0.1, -0.05) is 12.2 Å². The van der Waals surface area contributed by atoms with Crippen molar-refractivity contribution in [2.75, 3.05) is 26.2 Å². The van der Waals surface area contributed by atoms with E-state index in [-0.39, 0.29) is 0 Å². The van der Waals surface area contributed by atoms with Crippen molar-refractivity contribution in [3.63, 3.8) is 0 Å². The summed E-state index contributed by atoms with van der Waals surface area (Å²) in [6, 6.07) is 0.882. The second kappa shape index (κ2) is 5.52. The fraction of sp³-hybridized carbons (Fsp3) is 0.833. The number of rotatable bonds is 6. The van der Waals surface area contributed by atoms with Gasteiger partial charge in [-0.25, -0.2) is 0 Å². The fourth-order valence-electron chi connectivity index (χ4n) is 1.95. The molecule has 2 rings (SSSR count). The molecule has 2 heteroatoms. The monoisotopic (exact) mass is 194 g/mol. The molecule has 0 atom stereocenters. The molecule has 0 amide bonds. The summed E-state index contributed by atoms with van der Waals surface area (Å²) in [4.78, 5) is 2.55. The van der Waals surface area contributed by atoms with Gasteiger partial charge >= 0.3 is 0 Å². The molecule has 2 nitrogen and oxygen atoms in total. The van der Waals surface area contributed by atoms with Gasteiger partial charge in [-0.2, -0.15) is 0 Å². The summed E-state index contributed by atoms with van der Waals surface area (Å²) in [6.07, 6.45) is 11.4. The second-order valence-electron chi connectivity index (χ2n) is 4.50. The first kappa shape index (κ1) is 10.2. The zero-order valence-electron chi connectivity index (χ0n) is 9.04. The first-order valence-corrected chi connectivity index (χ1v) is 6.06. The van der Waals surface area contributed by atoms with Crippen LogP contribution in [-0.2, 0) is 0 Å². The molecule has 0 spiro atoms. The molecule has 80 valence electrons. The molecule has 0 aromatic heterocycles. The number of nitrogens with one attached hydrogen (secondary N) is 1.